The first kappa shape index (κ1) is 18.0. The van der Waals surface area contributed by atoms with E-state index in [0.717, 1.165) is 5.56 Å². The van der Waals surface area contributed by atoms with Crippen molar-refractivity contribution in [3.63, 3.8) is 0 Å². The van der Waals surface area contributed by atoms with Crippen molar-refractivity contribution in [2.24, 2.45) is 0 Å². The second-order valence-corrected chi connectivity index (χ2v) is 7.05. The highest BCUT2D eigenvalue weighted by Gasteiger charge is 2.23. The molecule has 0 saturated carbocycles. The van der Waals surface area contributed by atoms with E-state index in [4.69, 9.17) is 9.84 Å². The van der Waals surface area contributed by atoms with Crippen LogP contribution in [-0.4, -0.2) is 37.5 Å². The smallest absolute Gasteiger partial charge is 0.335 e. The van der Waals surface area contributed by atoms with Gasteiger partial charge in [0.05, 0.1) is 17.6 Å². The lowest BCUT2D eigenvalue weighted by molar-refractivity contribution is 0.0697. The zero-order chi connectivity index (χ0) is 17.7. The normalized spacial score (nSPS) is 11.5. The van der Waals surface area contributed by atoms with Crippen molar-refractivity contribution in [2.45, 2.75) is 18.4 Å². The summed E-state index contributed by atoms with van der Waals surface area (Å²) in [7, 11) is -2.12. The highest BCUT2D eigenvalue weighted by Crippen LogP contribution is 2.21. The van der Waals surface area contributed by atoms with E-state index >= 15 is 0 Å². The van der Waals surface area contributed by atoms with E-state index < -0.39 is 16.0 Å². The lowest BCUT2D eigenvalue weighted by atomic mass is 10.1. The summed E-state index contributed by atoms with van der Waals surface area (Å²) in [4.78, 5) is 11.1. The lowest BCUT2D eigenvalue weighted by Crippen LogP contribution is -2.30. The summed E-state index contributed by atoms with van der Waals surface area (Å²) in [5.41, 5.74) is 0.888. The van der Waals surface area contributed by atoms with Crippen molar-refractivity contribution in [1.82, 2.24) is 4.31 Å². The first-order valence-corrected chi connectivity index (χ1v) is 8.79. The fourth-order valence-electron chi connectivity index (χ4n) is 2.22. The van der Waals surface area contributed by atoms with Crippen LogP contribution in [0.25, 0.3) is 0 Å². The summed E-state index contributed by atoms with van der Waals surface area (Å²) in [6.45, 7) is 2.23. The van der Waals surface area contributed by atoms with E-state index in [-0.39, 0.29) is 17.0 Å². The van der Waals surface area contributed by atoms with Crippen LogP contribution in [0.2, 0.25) is 0 Å². The number of hydrogen-bond donors (Lipinski definition) is 1. The molecule has 0 radical (unpaired) electrons. The second-order valence-electron chi connectivity index (χ2n) is 5.11. The van der Waals surface area contributed by atoms with Crippen LogP contribution < -0.4 is 4.74 Å². The molecule has 0 saturated heterocycles. The maximum atomic E-state index is 12.7. The Morgan fingerprint density at radius 1 is 1.08 bits per heavy atom. The number of carboxylic acid groups (broad SMARTS) is 1. The van der Waals surface area contributed by atoms with Crippen LogP contribution in [0.3, 0.4) is 0 Å². The van der Waals surface area contributed by atoms with E-state index in [1.807, 2.05) is 0 Å². The third-order valence-electron chi connectivity index (χ3n) is 3.61. The van der Waals surface area contributed by atoms with E-state index in [0.29, 0.717) is 12.3 Å². The van der Waals surface area contributed by atoms with Crippen LogP contribution in [0, 0.1) is 0 Å². The van der Waals surface area contributed by atoms with Gasteiger partial charge in [0, 0.05) is 13.1 Å². The van der Waals surface area contributed by atoms with Gasteiger partial charge in [-0.05, 0) is 42.0 Å². The summed E-state index contributed by atoms with van der Waals surface area (Å²) in [6, 6.07) is 12.4. The van der Waals surface area contributed by atoms with Gasteiger partial charge in [-0.2, -0.15) is 4.31 Å². The third kappa shape index (κ3) is 3.93. The number of sulfonamides is 1. The molecular weight excluding hydrogens is 330 g/mol. The summed E-state index contributed by atoms with van der Waals surface area (Å²) in [5, 5.41) is 8.91. The molecule has 6 nitrogen and oxygen atoms in total. The second kappa shape index (κ2) is 7.46. The first-order valence-electron chi connectivity index (χ1n) is 7.35. The molecule has 0 fully saturated rings. The van der Waals surface area contributed by atoms with Crippen LogP contribution in [0.5, 0.6) is 5.75 Å². The molecule has 2 rings (SSSR count). The van der Waals surface area contributed by atoms with Crippen molar-refractivity contribution in [3.05, 3.63) is 59.7 Å². The number of carbonyl (C=O) groups is 1. The predicted octanol–water partition coefficient (Wildman–Crippen LogP) is 2.60. The molecule has 0 aliphatic heterocycles. The number of hydrogen-bond acceptors (Lipinski definition) is 4. The molecule has 128 valence electrons. The minimum atomic E-state index is -3.64. The lowest BCUT2D eigenvalue weighted by Gasteiger charge is -2.21. The van der Waals surface area contributed by atoms with Crippen LogP contribution in [0.1, 0.15) is 22.8 Å². The Balaban J connectivity index is 2.23. The van der Waals surface area contributed by atoms with E-state index in [1.165, 1.54) is 35.7 Å². The van der Waals surface area contributed by atoms with E-state index in [2.05, 4.69) is 0 Å². The van der Waals surface area contributed by atoms with Gasteiger partial charge in [0.1, 0.15) is 5.75 Å². The SMILES string of the molecule is CCN(Cc1ccc(C(=O)O)cc1)S(=O)(=O)c1ccc(OC)cc1. The molecule has 0 heterocycles. The molecular formula is C17H19NO5S. The van der Waals surface area contributed by atoms with Gasteiger partial charge in [-0.25, -0.2) is 13.2 Å². The maximum Gasteiger partial charge on any atom is 0.335 e. The monoisotopic (exact) mass is 349 g/mol. The van der Waals surface area contributed by atoms with Crippen molar-refractivity contribution >= 4 is 16.0 Å². The van der Waals surface area contributed by atoms with Gasteiger partial charge in [-0.1, -0.05) is 19.1 Å². The van der Waals surface area contributed by atoms with Gasteiger partial charge in [0.2, 0.25) is 10.0 Å². The van der Waals surface area contributed by atoms with E-state index in [9.17, 15) is 13.2 Å². The number of aromatic carboxylic acids is 1. The highest BCUT2D eigenvalue weighted by atomic mass is 32.2. The average Bonchev–Trinajstić information content (AvgIpc) is 2.59. The Bertz CT molecular complexity index is 798. The van der Waals surface area contributed by atoms with Gasteiger partial charge in [-0.3, -0.25) is 0 Å². The Morgan fingerprint density at radius 2 is 1.67 bits per heavy atom. The molecule has 0 amide bonds. The Hall–Kier alpha value is -2.38. The number of methoxy groups -OCH3 is 1. The minimum absolute atomic E-state index is 0.166. The van der Waals surface area contributed by atoms with Crippen LogP contribution in [-0.2, 0) is 16.6 Å². The molecule has 0 aliphatic rings. The number of nitrogens with zero attached hydrogens (tertiary/aromatic N) is 1. The van der Waals surface area contributed by atoms with Crippen molar-refractivity contribution in [2.75, 3.05) is 13.7 Å². The molecule has 0 atom stereocenters. The predicted molar refractivity (Wildman–Crippen MR) is 89.7 cm³/mol. The zero-order valence-corrected chi connectivity index (χ0v) is 14.3. The first-order chi connectivity index (χ1) is 11.4. The number of benzene rings is 2. The summed E-state index contributed by atoms with van der Waals surface area (Å²) in [5.74, 6) is -0.430. The van der Waals surface area contributed by atoms with Crippen molar-refractivity contribution < 1.29 is 23.1 Å². The minimum Gasteiger partial charge on any atom is -0.497 e. The van der Waals surface area contributed by atoms with Gasteiger partial charge >= 0.3 is 5.97 Å². The van der Waals surface area contributed by atoms with Gasteiger partial charge in [-0.15, -0.1) is 0 Å². The fraction of sp³-hybridized carbons (Fsp3) is 0.235. The van der Waals surface area contributed by atoms with Gasteiger partial charge in [0.15, 0.2) is 0 Å². The van der Waals surface area contributed by atoms with Crippen molar-refractivity contribution in [3.8, 4) is 5.75 Å². The maximum absolute atomic E-state index is 12.7. The molecule has 2 aromatic rings. The Labute approximate surface area is 141 Å². The summed E-state index contributed by atoms with van der Waals surface area (Å²) >= 11 is 0. The standard InChI is InChI=1S/C17H19NO5S/c1-3-18(12-13-4-6-14(7-5-13)17(19)20)24(21,22)16-10-8-15(23-2)9-11-16/h4-11H,3,12H2,1-2H3,(H,19,20). The topological polar surface area (TPSA) is 83.9 Å². The fourth-order valence-corrected chi connectivity index (χ4v) is 3.66. The molecule has 7 heteroatoms. The molecule has 0 bridgehead atoms. The zero-order valence-electron chi connectivity index (χ0n) is 13.5. The highest BCUT2D eigenvalue weighted by molar-refractivity contribution is 7.89. The van der Waals surface area contributed by atoms with Gasteiger partial charge < -0.3 is 9.84 Å². The Kier molecular flexibility index (Phi) is 5.58. The molecule has 2 aromatic carbocycles. The largest absolute Gasteiger partial charge is 0.497 e. The molecule has 0 unspecified atom stereocenters. The summed E-state index contributed by atoms with van der Waals surface area (Å²) in [6.07, 6.45) is 0. The molecule has 0 aliphatic carbocycles. The molecule has 1 N–H and O–H groups in total. The van der Waals surface area contributed by atoms with E-state index in [1.54, 1.807) is 31.2 Å². The number of rotatable bonds is 7. The third-order valence-corrected chi connectivity index (χ3v) is 5.54. The average molecular weight is 349 g/mol. The van der Waals surface area contributed by atoms with Crippen molar-refractivity contribution in [1.29, 1.82) is 0 Å². The quantitative estimate of drug-likeness (QED) is 0.831. The van der Waals surface area contributed by atoms with Crippen LogP contribution in [0.4, 0.5) is 0 Å². The molecule has 0 spiro atoms. The number of carboxylic acids is 1. The summed E-state index contributed by atoms with van der Waals surface area (Å²) < 4.78 is 31.8. The van der Waals surface area contributed by atoms with Crippen LogP contribution >= 0.6 is 0 Å². The van der Waals surface area contributed by atoms with Crippen LogP contribution in [0.15, 0.2) is 53.4 Å². The molecule has 24 heavy (non-hydrogen) atoms. The number of ether oxygens (including phenoxy) is 1. The Morgan fingerprint density at radius 3 is 2.12 bits per heavy atom. The van der Waals surface area contributed by atoms with Gasteiger partial charge in [0.25, 0.3) is 0 Å². The molecule has 0 aromatic heterocycles.